The fraction of sp³-hybridized carbons (Fsp3) is 0.333. The lowest BCUT2D eigenvalue weighted by Crippen LogP contribution is -2.36. The molecule has 0 fully saturated rings. The third-order valence-electron chi connectivity index (χ3n) is 3.16. The van der Waals surface area contributed by atoms with Crippen LogP contribution in [0.4, 0.5) is 4.39 Å². The van der Waals surface area contributed by atoms with Gasteiger partial charge in [0, 0.05) is 19.4 Å². The normalized spacial score (nSPS) is 12.0. The summed E-state index contributed by atoms with van der Waals surface area (Å²) in [6.07, 6.45) is 3.40. The van der Waals surface area contributed by atoms with Crippen LogP contribution in [0.15, 0.2) is 42.7 Å². The zero-order valence-corrected chi connectivity index (χ0v) is 12.1. The minimum atomic E-state index is -0.351. The second-order valence-corrected chi connectivity index (χ2v) is 4.72. The third-order valence-corrected chi connectivity index (χ3v) is 3.16. The monoisotopic (exact) mass is 291 g/mol. The molecular formula is C15H18FN3O2. The molecule has 5 nitrogen and oxygen atoms in total. The molecule has 2 aromatic rings. The molecule has 0 N–H and O–H groups in total. The summed E-state index contributed by atoms with van der Waals surface area (Å²) in [4.78, 5) is 13.8. The quantitative estimate of drug-likeness (QED) is 0.819. The molecule has 0 bridgehead atoms. The van der Waals surface area contributed by atoms with Crippen LogP contribution >= 0.6 is 0 Å². The molecule has 1 amide bonds. The molecular weight excluding hydrogens is 273 g/mol. The van der Waals surface area contributed by atoms with Crippen molar-refractivity contribution in [1.29, 1.82) is 0 Å². The van der Waals surface area contributed by atoms with Crippen molar-refractivity contribution in [3.8, 4) is 5.75 Å². The van der Waals surface area contributed by atoms with Crippen molar-refractivity contribution in [3.63, 3.8) is 0 Å². The molecule has 6 heteroatoms. The molecule has 1 atom stereocenters. The average Bonchev–Trinajstić information content (AvgIpc) is 3.02. The molecule has 112 valence electrons. The van der Waals surface area contributed by atoms with E-state index in [0.29, 0.717) is 18.9 Å². The number of ether oxygens (including phenoxy) is 1. The molecule has 0 radical (unpaired) electrons. The fourth-order valence-corrected chi connectivity index (χ4v) is 1.88. The summed E-state index contributed by atoms with van der Waals surface area (Å²) in [5.41, 5.74) is 0. The minimum Gasteiger partial charge on any atom is -0.492 e. The largest absolute Gasteiger partial charge is 0.492 e. The molecule has 0 saturated heterocycles. The lowest BCUT2D eigenvalue weighted by molar-refractivity contribution is -0.133. The van der Waals surface area contributed by atoms with E-state index in [1.165, 1.54) is 12.1 Å². The first-order valence-electron chi connectivity index (χ1n) is 6.70. The Balaban J connectivity index is 1.80. The number of aromatic nitrogens is 2. The van der Waals surface area contributed by atoms with Crippen molar-refractivity contribution in [1.82, 2.24) is 14.7 Å². The summed E-state index contributed by atoms with van der Waals surface area (Å²) in [6.45, 7) is 2.59. The van der Waals surface area contributed by atoms with Crippen LogP contribution in [0.1, 0.15) is 13.0 Å². The second-order valence-electron chi connectivity index (χ2n) is 4.72. The van der Waals surface area contributed by atoms with Gasteiger partial charge in [-0.3, -0.25) is 9.48 Å². The number of benzene rings is 1. The summed E-state index contributed by atoms with van der Waals surface area (Å²) in [7, 11) is 1.72. The summed E-state index contributed by atoms with van der Waals surface area (Å²) in [5.74, 6) is 0.237. The van der Waals surface area contributed by atoms with Gasteiger partial charge in [-0.2, -0.15) is 5.10 Å². The maximum absolute atomic E-state index is 12.7. The number of halogens is 1. The van der Waals surface area contributed by atoms with E-state index in [0.717, 1.165) is 0 Å². The van der Waals surface area contributed by atoms with Gasteiger partial charge >= 0.3 is 0 Å². The van der Waals surface area contributed by atoms with Crippen molar-refractivity contribution < 1.29 is 13.9 Å². The van der Waals surface area contributed by atoms with Gasteiger partial charge in [-0.15, -0.1) is 0 Å². The summed E-state index contributed by atoms with van der Waals surface area (Å²) >= 11 is 0. The molecule has 2 rings (SSSR count). The second kappa shape index (κ2) is 6.88. The smallest absolute Gasteiger partial charge is 0.247 e. The highest BCUT2D eigenvalue weighted by atomic mass is 19.1. The van der Waals surface area contributed by atoms with E-state index >= 15 is 0 Å². The minimum absolute atomic E-state index is 0.0404. The summed E-state index contributed by atoms with van der Waals surface area (Å²) in [6, 6.07) is 7.22. The number of carbonyl (C=O) groups is 1. The van der Waals surface area contributed by atoms with E-state index in [-0.39, 0.29) is 17.8 Å². The fourth-order valence-electron chi connectivity index (χ4n) is 1.88. The third kappa shape index (κ3) is 4.05. The molecule has 1 unspecified atom stereocenters. The van der Waals surface area contributed by atoms with Crippen molar-refractivity contribution in [2.75, 3.05) is 20.2 Å². The van der Waals surface area contributed by atoms with Gasteiger partial charge in [0.25, 0.3) is 0 Å². The van der Waals surface area contributed by atoms with Gasteiger partial charge in [-0.25, -0.2) is 4.39 Å². The van der Waals surface area contributed by atoms with Crippen molar-refractivity contribution in [2.45, 2.75) is 13.0 Å². The van der Waals surface area contributed by atoms with Crippen LogP contribution in [0.3, 0.4) is 0 Å². The molecule has 1 aromatic heterocycles. The molecule has 0 aliphatic rings. The van der Waals surface area contributed by atoms with E-state index in [4.69, 9.17) is 4.74 Å². The predicted molar refractivity (Wildman–Crippen MR) is 76.5 cm³/mol. The van der Waals surface area contributed by atoms with E-state index in [2.05, 4.69) is 5.10 Å². The Morgan fingerprint density at radius 3 is 2.76 bits per heavy atom. The average molecular weight is 291 g/mol. The number of nitrogens with zero attached hydrogens (tertiary/aromatic N) is 3. The van der Waals surface area contributed by atoms with Crippen LogP contribution in [0.25, 0.3) is 0 Å². The Morgan fingerprint density at radius 2 is 2.14 bits per heavy atom. The van der Waals surface area contributed by atoms with Crippen LogP contribution in [0, 0.1) is 5.82 Å². The molecule has 0 aliphatic heterocycles. The first-order chi connectivity index (χ1) is 10.1. The SMILES string of the molecule is CC(C(=O)N(C)CCOc1ccc(F)cc1)n1cccn1. The zero-order chi connectivity index (χ0) is 15.2. The maximum Gasteiger partial charge on any atom is 0.247 e. The Hall–Kier alpha value is -2.37. The standard InChI is InChI=1S/C15H18FN3O2/c1-12(19-9-3-8-17-19)15(20)18(2)10-11-21-14-6-4-13(16)5-7-14/h3-9,12H,10-11H2,1-2H3. The summed E-state index contributed by atoms with van der Waals surface area (Å²) < 4.78 is 19.8. The van der Waals surface area contributed by atoms with Crippen molar-refractivity contribution in [3.05, 3.63) is 48.5 Å². The van der Waals surface area contributed by atoms with E-state index in [1.807, 2.05) is 0 Å². The lowest BCUT2D eigenvalue weighted by atomic mass is 10.3. The van der Waals surface area contributed by atoms with Crippen LogP contribution in [-0.4, -0.2) is 40.8 Å². The van der Waals surface area contributed by atoms with Crippen LogP contribution in [0.5, 0.6) is 5.75 Å². The molecule has 1 heterocycles. The number of rotatable bonds is 6. The molecule has 0 saturated carbocycles. The number of amides is 1. The van der Waals surface area contributed by atoms with Crippen LogP contribution < -0.4 is 4.74 Å². The highest BCUT2D eigenvalue weighted by molar-refractivity contribution is 5.79. The van der Waals surface area contributed by atoms with Gasteiger partial charge in [0.2, 0.25) is 5.91 Å². The highest BCUT2D eigenvalue weighted by Gasteiger charge is 2.19. The Morgan fingerprint density at radius 1 is 1.43 bits per heavy atom. The Kier molecular flexibility index (Phi) is 4.92. The maximum atomic E-state index is 12.7. The van der Waals surface area contributed by atoms with Gasteiger partial charge in [-0.1, -0.05) is 0 Å². The Bertz CT molecular complexity index is 569. The topological polar surface area (TPSA) is 47.4 Å². The first-order valence-corrected chi connectivity index (χ1v) is 6.70. The van der Waals surface area contributed by atoms with Gasteiger partial charge in [0.05, 0.1) is 6.54 Å². The highest BCUT2D eigenvalue weighted by Crippen LogP contribution is 2.11. The lowest BCUT2D eigenvalue weighted by Gasteiger charge is -2.21. The predicted octanol–water partition coefficient (Wildman–Crippen LogP) is 2.12. The number of carbonyl (C=O) groups excluding carboxylic acids is 1. The van der Waals surface area contributed by atoms with Gasteiger partial charge < -0.3 is 9.64 Å². The van der Waals surface area contributed by atoms with Crippen molar-refractivity contribution in [2.24, 2.45) is 0 Å². The van der Waals surface area contributed by atoms with Gasteiger partial charge in [0.15, 0.2) is 0 Å². The van der Waals surface area contributed by atoms with E-state index in [1.54, 1.807) is 54.1 Å². The van der Waals surface area contributed by atoms with Crippen LogP contribution in [-0.2, 0) is 4.79 Å². The van der Waals surface area contributed by atoms with Crippen molar-refractivity contribution >= 4 is 5.91 Å². The molecule has 0 spiro atoms. The van der Waals surface area contributed by atoms with Crippen LogP contribution in [0.2, 0.25) is 0 Å². The first kappa shape index (κ1) is 15.0. The molecule has 21 heavy (non-hydrogen) atoms. The van der Waals surface area contributed by atoms with Gasteiger partial charge in [-0.05, 0) is 37.3 Å². The summed E-state index contributed by atoms with van der Waals surface area (Å²) in [5, 5.41) is 4.06. The number of hydrogen-bond donors (Lipinski definition) is 0. The number of hydrogen-bond acceptors (Lipinski definition) is 3. The van der Waals surface area contributed by atoms with Gasteiger partial charge in [0.1, 0.15) is 24.2 Å². The number of likely N-dealkylation sites (N-methyl/N-ethyl adjacent to an activating group) is 1. The zero-order valence-electron chi connectivity index (χ0n) is 12.1. The molecule has 0 aliphatic carbocycles. The Labute approximate surface area is 122 Å². The molecule has 1 aromatic carbocycles. The van der Waals surface area contributed by atoms with E-state index in [9.17, 15) is 9.18 Å². The van der Waals surface area contributed by atoms with E-state index < -0.39 is 0 Å².